The van der Waals surface area contributed by atoms with E-state index in [4.69, 9.17) is 9.47 Å². The Morgan fingerprint density at radius 3 is 2.83 bits per heavy atom. The molecule has 8 nitrogen and oxygen atoms in total. The highest BCUT2D eigenvalue weighted by Crippen LogP contribution is 2.33. The monoisotopic (exact) mass is 393 g/mol. The maximum atomic E-state index is 12.4. The Bertz CT molecular complexity index is 962. The van der Waals surface area contributed by atoms with Gasteiger partial charge in [0.1, 0.15) is 23.7 Å². The molecule has 1 amide bonds. The molecular formula is C21H23N5O3. The smallest absolute Gasteiger partial charge is 0.244 e. The van der Waals surface area contributed by atoms with E-state index in [-0.39, 0.29) is 18.6 Å². The largest absolute Gasteiger partial charge is 0.488 e. The molecule has 1 aliphatic heterocycles. The first-order valence-electron chi connectivity index (χ1n) is 10.2. The molecule has 0 N–H and O–H groups in total. The molecule has 29 heavy (non-hydrogen) atoms. The van der Waals surface area contributed by atoms with E-state index in [1.807, 2.05) is 6.07 Å². The van der Waals surface area contributed by atoms with Crippen LogP contribution in [0.5, 0.6) is 5.75 Å². The number of hydrogen-bond acceptors (Lipinski definition) is 6. The van der Waals surface area contributed by atoms with Crippen molar-refractivity contribution in [3.63, 3.8) is 0 Å². The van der Waals surface area contributed by atoms with E-state index in [1.54, 1.807) is 22.0 Å². The van der Waals surface area contributed by atoms with E-state index in [0.29, 0.717) is 49.4 Å². The molecule has 0 atom stereocenters. The average Bonchev–Trinajstić information content (AvgIpc) is 3.68. The molecule has 0 aromatic carbocycles. The number of carbonyl (C=O) groups is 1. The van der Waals surface area contributed by atoms with Crippen molar-refractivity contribution in [2.75, 3.05) is 26.3 Å². The lowest BCUT2D eigenvalue weighted by Gasteiger charge is -2.26. The number of carbonyl (C=O) groups excluding carboxylic acids is 1. The molecular weight excluding hydrogens is 370 g/mol. The number of amides is 1. The Morgan fingerprint density at radius 2 is 2.07 bits per heavy atom. The second-order valence-electron chi connectivity index (χ2n) is 7.73. The first-order chi connectivity index (χ1) is 14.2. The molecule has 150 valence electrons. The Hall–Kier alpha value is -2.92. The van der Waals surface area contributed by atoms with Gasteiger partial charge in [0, 0.05) is 30.8 Å². The normalized spacial score (nSPS) is 18.8. The summed E-state index contributed by atoms with van der Waals surface area (Å²) < 4.78 is 12.9. The maximum absolute atomic E-state index is 12.4. The van der Waals surface area contributed by atoms with Gasteiger partial charge in [0.05, 0.1) is 25.5 Å². The molecule has 5 rings (SSSR count). The zero-order valence-electron chi connectivity index (χ0n) is 16.2. The van der Waals surface area contributed by atoms with Crippen LogP contribution in [0.25, 0.3) is 11.4 Å². The first-order valence-corrected chi connectivity index (χ1v) is 10.2. The fourth-order valence-corrected chi connectivity index (χ4v) is 3.11. The van der Waals surface area contributed by atoms with Crippen LogP contribution in [0.4, 0.5) is 0 Å². The van der Waals surface area contributed by atoms with E-state index >= 15 is 0 Å². The van der Waals surface area contributed by atoms with Crippen molar-refractivity contribution in [3.05, 3.63) is 24.0 Å². The van der Waals surface area contributed by atoms with Gasteiger partial charge >= 0.3 is 0 Å². The van der Waals surface area contributed by atoms with Gasteiger partial charge in [-0.1, -0.05) is 17.1 Å². The predicted molar refractivity (Wildman–Crippen MR) is 104 cm³/mol. The van der Waals surface area contributed by atoms with Crippen molar-refractivity contribution in [1.82, 2.24) is 24.9 Å². The average molecular weight is 393 g/mol. The number of ether oxygens (including phenoxy) is 2. The van der Waals surface area contributed by atoms with Crippen molar-refractivity contribution in [2.24, 2.45) is 5.92 Å². The van der Waals surface area contributed by atoms with E-state index in [1.165, 1.54) is 12.8 Å². The van der Waals surface area contributed by atoms with Gasteiger partial charge in [-0.05, 0) is 31.7 Å². The van der Waals surface area contributed by atoms with E-state index < -0.39 is 0 Å². The third-order valence-corrected chi connectivity index (χ3v) is 5.11. The molecule has 0 spiro atoms. The van der Waals surface area contributed by atoms with Crippen molar-refractivity contribution in [1.29, 1.82) is 0 Å². The van der Waals surface area contributed by atoms with Crippen LogP contribution >= 0.6 is 0 Å². The van der Waals surface area contributed by atoms with Gasteiger partial charge in [0.2, 0.25) is 5.91 Å². The number of aromatic nitrogens is 4. The highest BCUT2D eigenvalue weighted by atomic mass is 16.5. The van der Waals surface area contributed by atoms with E-state index in [0.717, 1.165) is 18.4 Å². The summed E-state index contributed by atoms with van der Waals surface area (Å²) in [5.41, 5.74) is 2.09. The minimum absolute atomic E-state index is 0.0119. The van der Waals surface area contributed by atoms with Crippen molar-refractivity contribution in [2.45, 2.75) is 38.3 Å². The van der Waals surface area contributed by atoms with Gasteiger partial charge in [-0.3, -0.25) is 4.79 Å². The van der Waals surface area contributed by atoms with Crippen LogP contribution in [0, 0.1) is 17.8 Å². The van der Waals surface area contributed by atoms with Crippen LogP contribution < -0.4 is 4.74 Å². The lowest BCUT2D eigenvalue weighted by atomic mass is 10.2. The molecule has 3 aliphatic rings. The summed E-state index contributed by atoms with van der Waals surface area (Å²) >= 11 is 0. The first kappa shape index (κ1) is 18.1. The van der Waals surface area contributed by atoms with Crippen LogP contribution in [0.3, 0.4) is 0 Å². The summed E-state index contributed by atoms with van der Waals surface area (Å²) in [6.45, 7) is 2.54. The fraction of sp³-hybridized carbons (Fsp3) is 0.524. The van der Waals surface area contributed by atoms with Crippen molar-refractivity contribution in [3.8, 4) is 29.0 Å². The minimum Gasteiger partial charge on any atom is -0.488 e. The molecule has 0 radical (unpaired) electrons. The number of pyridine rings is 1. The lowest BCUT2D eigenvalue weighted by molar-refractivity contribution is -0.136. The van der Waals surface area contributed by atoms with Crippen LogP contribution in [-0.4, -0.2) is 63.2 Å². The van der Waals surface area contributed by atoms with E-state index in [2.05, 4.69) is 27.1 Å². The molecule has 3 fully saturated rings. The molecule has 1 saturated heterocycles. The Labute approximate surface area is 169 Å². The van der Waals surface area contributed by atoms with Gasteiger partial charge in [-0.15, -0.1) is 5.10 Å². The van der Waals surface area contributed by atoms with Gasteiger partial charge in [-0.2, -0.15) is 0 Å². The zero-order valence-corrected chi connectivity index (χ0v) is 16.2. The SMILES string of the molecule is O=C(Cn1cc(-c2ncc(C#CC3CC3)cc2OC2CC2)nn1)N1CCOCC1. The molecule has 8 heteroatoms. The zero-order chi connectivity index (χ0) is 19.6. The van der Waals surface area contributed by atoms with Gasteiger partial charge < -0.3 is 14.4 Å². The van der Waals surface area contributed by atoms with Gasteiger partial charge in [0.25, 0.3) is 0 Å². The summed E-state index contributed by atoms with van der Waals surface area (Å²) in [5, 5.41) is 8.34. The molecule has 0 bridgehead atoms. The second kappa shape index (κ2) is 7.84. The van der Waals surface area contributed by atoms with Crippen LogP contribution in [0.2, 0.25) is 0 Å². The Morgan fingerprint density at radius 1 is 1.24 bits per heavy atom. The molecule has 2 aromatic heterocycles. The quantitative estimate of drug-likeness (QED) is 0.716. The number of rotatable bonds is 5. The maximum Gasteiger partial charge on any atom is 0.244 e. The van der Waals surface area contributed by atoms with Crippen molar-refractivity contribution >= 4 is 5.91 Å². The second-order valence-corrected chi connectivity index (χ2v) is 7.73. The Balaban J connectivity index is 1.34. The molecule has 0 unspecified atom stereocenters. The van der Waals surface area contributed by atoms with Gasteiger partial charge in [0.15, 0.2) is 0 Å². The van der Waals surface area contributed by atoms with Crippen LogP contribution in [-0.2, 0) is 16.1 Å². The summed E-state index contributed by atoms with van der Waals surface area (Å²) in [5.74, 6) is 7.68. The highest BCUT2D eigenvalue weighted by Gasteiger charge is 2.26. The summed E-state index contributed by atoms with van der Waals surface area (Å²) in [6, 6.07) is 1.94. The van der Waals surface area contributed by atoms with Gasteiger partial charge in [-0.25, -0.2) is 9.67 Å². The van der Waals surface area contributed by atoms with E-state index in [9.17, 15) is 4.79 Å². The summed E-state index contributed by atoms with van der Waals surface area (Å²) in [4.78, 5) is 18.8. The number of hydrogen-bond donors (Lipinski definition) is 0. The van der Waals surface area contributed by atoms with Crippen molar-refractivity contribution < 1.29 is 14.3 Å². The predicted octanol–water partition coefficient (Wildman–Crippen LogP) is 1.50. The third kappa shape index (κ3) is 4.57. The lowest BCUT2D eigenvalue weighted by Crippen LogP contribution is -2.42. The molecule has 3 heterocycles. The Kier molecular flexibility index (Phi) is 4.90. The number of nitrogens with zero attached hydrogens (tertiary/aromatic N) is 5. The highest BCUT2D eigenvalue weighted by molar-refractivity contribution is 5.76. The summed E-state index contributed by atoms with van der Waals surface area (Å²) in [7, 11) is 0. The minimum atomic E-state index is 0.0119. The molecule has 2 aliphatic carbocycles. The fourth-order valence-electron chi connectivity index (χ4n) is 3.11. The third-order valence-electron chi connectivity index (χ3n) is 5.11. The topological polar surface area (TPSA) is 82.4 Å². The standard InChI is InChI=1S/C21H23N5O3/c27-20(25-7-9-28-10-8-25)14-26-13-18(23-24-26)21-19(29-17-5-6-17)11-16(12-22-21)4-3-15-1-2-15/h11-13,15,17H,1-2,5-10,14H2. The molecule has 2 aromatic rings. The summed E-state index contributed by atoms with van der Waals surface area (Å²) in [6.07, 6.45) is 8.22. The molecule has 2 saturated carbocycles. The van der Waals surface area contributed by atoms with Crippen LogP contribution in [0.15, 0.2) is 18.5 Å². The van der Waals surface area contributed by atoms with Crippen LogP contribution in [0.1, 0.15) is 31.2 Å². The number of morpholine rings is 1.